The average molecular weight is 281 g/mol. The van der Waals surface area contributed by atoms with Crippen molar-refractivity contribution in [1.82, 2.24) is 9.97 Å². The van der Waals surface area contributed by atoms with Crippen molar-refractivity contribution in [3.8, 4) is 0 Å². The second kappa shape index (κ2) is 5.87. The Morgan fingerprint density at radius 3 is 2.81 bits per heavy atom. The maximum Gasteiger partial charge on any atom is 0.137 e. The molecule has 0 amide bonds. The lowest BCUT2D eigenvalue weighted by atomic mass is 10.1. The van der Waals surface area contributed by atoms with Gasteiger partial charge in [-0.2, -0.15) is 0 Å². The standard InChI is InChI=1S/C17H16FN3/c1-12-6-7-16-14(10-12)17(21-11-20-16)19-9-8-13-4-2-3-5-15(13)18/h2-7,10-11H,8-9H2,1H3,(H,19,20,21). The molecule has 0 saturated carbocycles. The number of halogens is 1. The molecule has 0 atom stereocenters. The molecule has 1 N–H and O–H groups in total. The predicted octanol–water partition coefficient (Wildman–Crippen LogP) is 3.73. The van der Waals surface area contributed by atoms with E-state index in [9.17, 15) is 4.39 Å². The van der Waals surface area contributed by atoms with Crippen LogP contribution in [0.5, 0.6) is 0 Å². The quantitative estimate of drug-likeness (QED) is 0.791. The lowest BCUT2D eigenvalue weighted by molar-refractivity contribution is 0.610. The zero-order chi connectivity index (χ0) is 14.7. The van der Waals surface area contributed by atoms with Crippen LogP contribution < -0.4 is 5.32 Å². The molecule has 0 radical (unpaired) electrons. The molecule has 3 nitrogen and oxygen atoms in total. The molecule has 2 aromatic carbocycles. The average Bonchev–Trinajstić information content (AvgIpc) is 2.49. The summed E-state index contributed by atoms with van der Waals surface area (Å²) in [5, 5.41) is 4.26. The third kappa shape index (κ3) is 2.99. The molecule has 3 aromatic rings. The molecule has 0 saturated heterocycles. The van der Waals surface area contributed by atoms with Crippen LogP contribution in [0.15, 0.2) is 48.8 Å². The third-order valence-electron chi connectivity index (χ3n) is 3.44. The molecule has 4 heteroatoms. The highest BCUT2D eigenvalue weighted by atomic mass is 19.1. The third-order valence-corrected chi connectivity index (χ3v) is 3.44. The second-order valence-corrected chi connectivity index (χ2v) is 5.01. The van der Waals surface area contributed by atoms with Gasteiger partial charge in [0.15, 0.2) is 0 Å². The smallest absolute Gasteiger partial charge is 0.137 e. The number of fused-ring (bicyclic) bond motifs is 1. The fourth-order valence-corrected chi connectivity index (χ4v) is 2.33. The first-order chi connectivity index (χ1) is 10.2. The molecule has 1 heterocycles. The Bertz CT molecular complexity index is 771. The van der Waals surface area contributed by atoms with E-state index in [1.165, 1.54) is 6.07 Å². The van der Waals surface area contributed by atoms with E-state index >= 15 is 0 Å². The molecule has 21 heavy (non-hydrogen) atoms. The Morgan fingerprint density at radius 1 is 1.10 bits per heavy atom. The first-order valence-electron chi connectivity index (χ1n) is 6.93. The minimum atomic E-state index is -0.164. The van der Waals surface area contributed by atoms with E-state index < -0.39 is 0 Å². The van der Waals surface area contributed by atoms with Gasteiger partial charge >= 0.3 is 0 Å². The topological polar surface area (TPSA) is 37.8 Å². The zero-order valence-electron chi connectivity index (χ0n) is 11.8. The van der Waals surface area contributed by atoms with Crippen LogP contribution in [0.2, 0.25) is 0 Å². The van der Waals surface area contributed by atoms with Crippen molar-refractivity contribution in [1.29, 1.82) is 0 Å². The zero-order valence-corrected chi connectivity index (χ0v) is 11.8. The van der Waals surface area contributed by atoms with Gasteiger partial charge in [-0.3, -0.25) is 0 Å². The van der Waals surface area contributed by atoms with Crippen molar-refractivity contribution in [2.75, 3.05) is 11.9 Å². The Morgan fingerprint density at radius 2 is 1.95 bits per heavy atom. The van der Waals surface area contributed by atoms with Crippen LogP contribution in [-0.4, -0.2) is 16.5 Å². The molecule has 3 rings (SSSR count). The number of benzene rings is 2. The fourth-order valence-electron chi connectivity index (χ4n) is 2.33. The summed E-state index contributed by atoms with van der Waals surface area (Å²) in [6.45, 7) is 2.66. The number of rotatable bonds is 4. The minimum Gasteiger partial charge on any atom is -0.369 e. The normalized spacial score (nSPS) is 10.8. The molecule has 0 aliphatic carbocycles. The van der Waals surface area contributed by atoms with Gasteiger partial charge in [0, 0.05) is 11.9 Å². The number of nitrogens with zero attached hydrogens (tertiary/aromatic N) is 2. The van der Waals surface area contributed by atoms with Crippen molar-refractivity contribution in [3.63, 3.8) is 0 Å². The molecule has 0 aliphatic heterocycles. The molecule has 1 aromatic heterocycles. The summed E-state index contributed by atoms with van der Waals surface area (Å²) in [6, 6.07) is 12.9. The summed E-state index contributed by atoms with van der Waals surface area (Å²) >= 11 is 0. The van der Waals surface area contributed by atoms with E-state index in [0.29, 0.717) is 18.5 Å². The Balaban J connectivity index is 1.77. The van der Waals surface area contributed by atoms with E-state index in [-0.39, 0.29) is 5.82 Å². The van der Waals surface area contributed by atoms with Crippen LogP contribution in [-0.2, 0) is 6.42 Å². The van der Waals surface area contributed by atoms with E-state index in [1.54, 1.807) is 18.5 Å². The SMILES string of the molecule is Cc1ccc2ncnc(NCCc3ccccc3F)c2c1. The molecular formula is C17H16FN3. The number of nitrogens with one attached hydrogen (secondary N) is 1. The van der Waals surface area contributed by atoms with Gasteiger partial charge in [0.25, 0.3) is 0 Å². The number of hydrogen-bond donors (Lipinski definition) is 1. The Labute approximate surface area is 122 Å². The van der Waals surface area contributed by atoms with E-state index in [1.807, 2.05) is 25.1 Å². The van der Waals surface area contributed by atoms with E-state index in [0.717, 1.165) is 22.3 Å². The van der Waals surface area contributed by atoms with Crippen molar-refractivity contribution in [2.45, 2.75) is 13.3 Å². The van der Waals surface area contributed by atoms with Crippen molar-refractivity contribution < 1.29 is 4.39 Å². The Kier molecular flexibility index (Phi) is 3.77. The van der Waals surface area contributed by atoms with Crippen molar-refractivity contribution >= 4 is 16.7 Å². The molecular weight excluding hydrogens is 265 g/mol. The van der Waals surface area contributed by atoms with Gasteiger partial charge in [-0.15, -0.1) is 0 Å². The summed E-state index contributed by atoms with van der Waals surface area (Å²) in [7, 11) is 0. The predicted molar refractivity (Wildman–Crippen MR) is 82.9 cm³/mol. The maximum absolute atomic E-state index is 13.6. The highest BCUT2D eigenvalue weighted by Crippen LogP contribution is 2.20. The van der Waals surface area contributed by atoms with Gasteiger partial charge in [-0.25, -0.2) is 14.4 Å². The molecule has 0 aliphatic rings. The lowest BCUT2D eigenvalue weighted by Gasteiger charge is -2.09. The van der Waals surface area contributed by atoms with E-state index in [2.05, 4.69) is 21.4 Å². The van der Waals surface area contributed by atoms with Gasteiger partial charge in [0.1, 0.15) is 18.0 Å². The lowest BCUT2D eigenvalue weighted by Crippen LogP contribution is -2.08. The number of anilines is 1. The van der Waals surface area contributed by atoms with Crippen LogP contribution in [0, 0.1) is 12.7 Å². The largest absolute Gasteiger partial charge is 0.369 e. The summed E-state index contributed by atoms with van der Waals surface area (Å²) in [5.41, 5.74) is 2.78. The highest BCUT2D eigenvalue weighted by molar-refractivity contribution is 5.89. The number of aryl methyl sites for hydroxylation is 1. The summed E-state index contributed by atoms with van der Waals surface area (Å²) in [5.74, 6) is 0.628. The summed E-state index contributed by atoms with van der Waals surface area (Å²) in [6.07, 6.45) is 2.16. The van der Waals surface area contributed by atoms with Crippen LogP contribution in [0.4, 0.5) is 10.2 Å². The van der Waals surface area contributed by atoms with Gasteiger partial charge < -0.3 is 5.32 Å². The maximum atomic E-state index is 13.6. The van der Waals surface area contributed by atoms with Crippen LogP contribution in [0.1, 0.15) is 11.1 Å². The van der Waals surface area contributed by atoms with Crippen LogP contribution in [0.3, 0.4) is 0 Å². The second-order valence-electron chi connectivity index (χ2n) is 5.01. The molecule has 0 unspecified atom stereocenters. The first-order valence-corrected chi connectivity index (χ1v) is 6.93. The highest BCUT2D eigenvalue weighted by Gasteiger charge is 2.04. The monoisotopic (exact) mass is 281 g/mol. The molecule has 0 spiro atoms. The number of aromatic nitrogens is 2. The summed E-state index contributed by atoms with van der Waals surface area (Å²) in [4.78, 5) is 8.54. The van der Waals surface area contributed by atoms with Gasteiger partial charge in [-0.05, 0) is 37.1 Å². The fraction of sp³-hybridized carbons (Fsp3) is 0.176. The molecule has 106 valence electrons. The van der Waals surface area contributed by atoms with E-state index in [4.69, 9.17) is 0 Å². The van der Waals surface area contributed by atoms with Crippen LogP contribution in [0.25, 0.3) is 10.9 Å². The Hall–Kier alpha value is -2.49. The van der Waals surface area contributed by atoms with Crippen molar-refractivity contribution in [2.24, 2.45) is 0 Å². The van der Waals surface area contributed by atoms with Gasteiger partial charge in [0.05, 0.1) is 5.52 Å². The molecule has 0 fully saturated rings. The summed E-state index contributed by atoms with van der Waals surface area (Å²) < 4.78 is 13.6. The first kappa shape index (κ1) is 13.5. The molecule has 0 bridgehead atoms. The van der Waals surface area contributed by atoms with Gasteiger partial charge in [-0.1, -0.05) is 29.8 Å². The van der Waals surface area contributed by atoms with Crippen LogP contribution >= 0.6 is 0 Å². The number of hydrogen-bond acceptors (Lipinski definition) is 3. The minimum absolute atomic E-state index is 0.164. The van der Waals surface area contributed by atoms with Gasteiger partial charge in [0.2, 0.25) is 0 Å². The van der Waals surface area contributed by atoms with Crippen molar-refractivity contribution in [3.05, 3.63) is 65.7 Å².